The van der Waals surface area contributed by atoms with Crippen LogP contribution in [-0.2, 0) is 0 Å². The first kappa shape index (κ1) is 11.5. The summed E-state index contributed by atoms with van der Waals surface area (Å²) < 4.78 is 1.91. The molecule has 1 atom stereocenters. The van der Waals surface area contributed by atoms with Crippen molar-refractivity contribution in [3.8, 4) is 0 Å². The molecule has 0 aromatic carbocycles. The Hall–Kier alpha value is 0.430. The Kier molecular flexibility index (Phi) is 6.04. The van der Waals surface area contributed by atoms with Crippen molar-refractivity contribution in [3.63, 3.8) is 0 Å². The molecule has 1 N–H and O–H groups in total. The Morgan fingerprint density at radius 1 is 1.31 bits per heavy atom. The summed E-state index contributed by atoms with van der Waals surface area (Å²) in [6.45, 7) is 0. The van der Waals surface area contributed by atoms with E-state index in [1.165, 1.54) is 38.5 Å². The molecule has 1 saturated carbocycles. The van der Waals surface area contributed by atoms with Crippen LogP contribution in [0.4, 0.5) is 0 Å². The van der Waals surface area contributed by atoms with Crippen molar-refractivity contribution in [2.75, 3.05) is 0 Å². The smallest absolute Gasteiger partial charge is 0.0728 e. The number of hydrogen-bond donors (Lipinski definition) is 1. The van der Waals surface area contributed by atoms with Crippen LogP contribution in [0, 0.1) is 5.92 Å². The third-order valence-electron chi connectivity index (χ3n) is 2.89. The maximum atomic E-state index is 9.49. The van der Waals surface area contributed by atoms with Crippen molar-refractivity contribution in [2.45, 2.75) is 51.0 Å². The van der Waals surface area contributed by atoms with Crippen LogP contribution in [0.15, 0.2) is 10.2 Å². The highest BCUT2D eigenvalue weighted by Crippen LogP contribution is 2.27. The van der Waals surface area contributed by atoms with Crippen LogP contribution in [-0.4, -0.2) is 11.2 Å². The van der Waals surface area contributed by atoms with Gasteiger partial charge in [-0.1, -0.05) is 60.8 Å². The van der Waals surface area contributed by atoms with Crippen LogP contribution in [0.1, 0.15) is 44.9 Å². The quantitative estimate of drug-likeness (QED) is 0.785. The highest BCUT2D eigenvalue weighted by Gasteiger charge is 2.13. The first-order chi connectivity index (χ1) is 6.33. The van der Waals surface area contributed by atoms with Gasteiger partial charge in [0.25, 0.3) is 0 Å². The Bertz CT molecular complexity index is 150. The van der Waals surface area contributed by atoms with Crippen LogP contribution in [0.5, 0.6) is 0 Å². The molecule has 1 aliphatic rings. The number of aliphatic hydroxyl groups excluding tert-OH is 1. The second-order valence-corrected chi connectivity index (χ2v) is 4.69. The predicted molar refractivity (Wildman–Crippen MR) is 65.0 cm³/mol. The summed E-state index contributed by atoms with van der Waals surface area (Å²) in [5.41, 5.74) is 0. The standard InChI is InChI=1S/C11H19IO/c12-9-8-11(13)7-6-10-4-2-1-3-5-10/h8-11,13H,1-7H2/b9-8+. The maximum Gasteiger partial charge on any atom is 0.0728 e. The van der Waals surface area contributed by atoms with Crippen molar-refractivity contribution >= 4 is 22.6 Å². The van der Waals surface area contributed by atoms with Crippen molar-refractivity contribution < 1.29 is 5.11 Å². The highest BCUT2D eigenvalue weighted by molar-refractivity contribution is 14.1. The third-order valence-corrected chi connectivity index (χ3v) is 3.31. The molecule has 1 rings (SSSR count). The monoisotopic (exact) mass is 294 g/mol. The molecule has 76 valence electrons. The van der Waals surface area contributed by atoms with Gasteiger partial charge in [0.05, 0.1) is 6.10 Å². The van der Waals surface area contributed by atoms with Gasteiger partial charge in [0.1, 0.15) is 0 Å². The van der Waals surface area contributed by atoms with Gasteiger partial charge in [-0.25, -0.2) is 0 Å². The molecule has 1 aliphatic carbocycles. The zero-order chi connectivity index (χ0) is 9.52. The molecule has 1 nitrogen and oxygen atoms in total. The second-order valence-electron chi connectivity index (χ2n) is 3.97. The molecule has 2 heteroatoms. The van der Waals surface area contributed by atoms with Crippen LogP contribution in [0.3, 0.4) is 0 Å². The lowest BCUT2D eigenvalue weighted by Gasteiger charge is -2.21. The van der Waals surface area contributed by atoms with Crippen molar-refractivity contribution in [3.05, 3.63) is 10.2 Å². The van der Waals surface area contributed by atoms with Gasteiger partial charge in [-0.05, 0) is 22.8 Å². The van der Waals surface area contributed by atoms with Gasteiger partial charge in [-0.15, -0.1) is 0 Å². The topological polar surface area (TPSA) is 20.2 Å². The number of hydrogen-bond acceptors (Lipinski definition) is 1. The van der Waals surface area contributed by atoms with Crippen LogP contribution >= 0.6 is 22.6 Å². The second kappa shape index (κ2) is 6.82. The maximum absolute atomic E-state index is 9.49. The van der Waals surface area contributed by atoms with E-state index in [-0.39, 0.29) is 6.10 Å². The summed E-state index contributed by atoms with van der Waals surface area (Å²) in [7, 11) is 0. The predicted octanol–water partition coefficient (Wildman–Crippen LogP) is 3.66. The van der Waals surface area contributed by atoms with E-state index >= 15 is 0 Å². The summed E-state index contributed by atoms with van der Waals surface area (Å²) in [4.78, 5) is 0. The first-order valence-electron chi connectivity index (χ1n) is 5.28. The van der Waals surface area contributed by atoms with Crippen molar-refractivity contribution in [1.29, 1.82) is 0 Å². The Balaban J connectivity index is 2.09. The molecule has 0 aromatic rings. The van der Waals surface area contributed by atoms with E-state index in [9.17, 15) is 5.11 Å². The zero-order valence-electron chi connectivity index (χ0n) is 8.08. The molecule has 0 heterocycles. The molecule has 0 bridgehead atoms. The van der Waals surface area contributed by atoms with Gasteiger partial charge in [0.15, 0.2) is 0 Å². The van der Waals surface area contributed by atoms with Gasteiger partial charge in [0, 0.05) is 0 Å². The lowest BCUT2D eigenvalue weighted by molar-refractivity contribution is 0.192. The average Bonchev–Trinajstić information content (AvgIpc) is 2.17. The number of halogens is 1. The Labute approximate surface area is 94.7 Å². The summed E-state index contributed by atoms with van der Waals surface area (Å²) >= 11 is 2.16. The van der Waals surface area contributed by atoms with E-state index in [2.05, 4.69) is 22.6 Å². The molecule has 0 radical (unpaired) electrons. The van der Waals surface area contributed by atoms with E-state index in [0.29, 0.717) is 0 Å². The van der Waals surface area contributed by atoms with E-state index in [4.69, 9.17) is 0 Å². The summed E-state index contributed by atoms with van der Waals surface area (Å²) in [5.74, 6) is 0.894. The molecule has 1 fully saturated rings. The van der Waals surface area contributed by atoms with E-state index in [0.717, 1.165) is 12.3 Å². The third kappa shape index (κ3) is 5.01. The molecular weight excluding hydrogens is 275 g/mol. The van der Waals surface area contributed by atoms with Crippen LogP contribution < -0.4 is 0 Å². The van der Waals surface area contributed by atoms with Crippen molar-refractivity contribution in [2.24, 2.45) is 5.92 Å². The van der Waals surface area contributed by atoms with Gasteiger partial charge in [-0.2, -0.15) is 0 Å². The number of rotatable bonds is 4. The minimum Gasteiger partial charge on any atom is -0.389 e. The average molecular weight is 294 g/mol. The van der Waals surface area contributed by atoms with Crippen molar-refractivity contribution in [1.82, 2.24) is 0 Å². The normalized spacial score (nSPS) is 22.3. The minimum atomic E-state index is -0.209. The van der Waals surface area contributed by atoms with E-state index in [1.807, 2.05) is 10.2 Å². The largest absolute Gasteiger partial charge is 0.389 e. The van der Waals surface area contributed by atoms with E-state index < -0.39 is 0 Å². The van der Waals surface area contributed by atoms with E-state index in [1.54, 1.807) is 0 Å². The van der Waals surface area contributed by atoms with Crippen LogP contribution in [0.2, 0.25) is 0 Å². The molecule has 0 saturated heterocycles. The zero-order valence-corrected chi connectivity index (χ0v) is 10.2. The molecule has 0 aliphatic heterocycles. The fourth-order valence-corrected chi connectivity index (χ4v) is 2.54. The molecular formula is C11H19IO. The highest BCUT2D eigenvalue weighted by atomic mass is 127. The van der Waals surface area contributed by atoms with Gasteiger partial charge in [-0.3, -0.25) is 0 Å². The first-order valence-corrected chi connectivity index (χ1v) is 6.52. The molecule has 0 amide bonds. The summed E-state index contributed by atoms with van der Waals surface area (Å²) in [5, 5.41) is 9.49. The van der Waals surface area contributed by atoms with Gasteiger partial charge < -0.3 is 5.11 Å². The lowest BCUT2D eigenvalue weighted by atomic mass is 9.85. The molecule has 0 aromatic heterocycles. The van der Waals surface area contributed by atoms with Crippen LogP contribution in [0.25, 0.3) is 0 Å². The van der Waals surface area contributed by atoms with Gasteiger partial charge >= 0.3 is 0 Å². The fourth-order valence-electron chi connectivity index (χ4n) is 2.06. The Morgan fingerprint density at radius 2 is 2.00 bits per heavy atom. The summed E-state index contributed by atoms with van der Waals surface area (Å²) in [6, 6.07) is 0. The fraction of sp³-hybridized carbons (Fsp3) is 0.818. The SMILES string of the molecule is OC(/C=C/I)CCC1CCCCC1. The van der Waals surface area contributed by atoms with Gasteiger partial charge in [0.2, 0.25) is 0 Å². The molecule has 1 unspecified atom stereocenters. The lowest BCUT2D eigenvalue weighted by Crippen LogP contribution is -2.10. The minimum absolute atomic E-state index is 0.209. The Morgan fingerprint density at radius 3 is 2.62 bits per heavy atom. The number of aliphatic hydroxyl groups is 1. The summed E-state index contributed by atoms with van der Waals surface area (Å²) in [6.07, 6.45) is 10.8. The molecule has 13 heavy (non-hydrogen) atoms. The molecule has 0 spiro atoms.